The third-order valence-corrected chi connectivity index (χ3v) is 5.14. The van der Waals surface area contributed by atoms with E-state index in [4.69, 9.17) is 13.9 Å². The molecule has 0 unspecified atom stereocenters. The van der Waals surface area contributed by atoms with Crippen LogP contribution in [0.2, 0.25) is 0 Å². The molecule has 2 N–H and O–H groups in total. The van der Waals surface area contributed by atoms with Crippen molar-refractivity contribution in [2.75, 3.05) is 12.1 Å². The van der Waals surface area contributed by atoms with E-state index in [1.165, 1.54) is 17.0 Å². The topological polar surface area (TPSA) is 124 Å². The molecule has 0 aliphatic carbocycles. The highest BCUT2D eigenvalue weighted by Crippen LogP contribution is 2.32. The van der Waals surface area contributed by atoms with Gasteiger partial charge in [0, 0.05) is 23.4 Å². The molecule has 1 amide bonds. The lowest BCUT2D eigenvalue weighted by Gasteiger charge is -2.08. The van der Waals surface area contributed by atoms with Gasteiger partial charge >= 0.3 is 0 Å². The van der Waals surface area contributed by atoms with E-state index in [-0.39, 0.29) is 18.3 Å². The minimum absolute atomic E-state index is 0.177. The second-order valence-electron chi connectivity index (χ2n) is 7.34. The number of carbonyl (C=O) groups excluding carboxylic acids is 1. The first-order chi connectivity index (χ1) is 16.0. The average molecular weight is 445 g/mol. The number of rotatable bonds is 5. The summed E-state index contributed by atoms with van der Waals surface area (Å²) in [5.41, 5.74) is 2.03. The van der Waals surface area contributed by atoms with Gasteiger partial charge in [0.05, 0.1) is 6.26 Å². The van der Waals surface area contributed by atoms with E-state index in [0.29, 0.717) is 40.0 Å². The van der Waals surface area contributed by atoms with E-state index >= 15 is 0 Å². The largest absolute Gasteiger partial charge is 0.463 e. The fraction of sp³-hybridized carbons (Fsp3) is 0.130. The van der Waals surface area contributed by atoms with Crippen LogP contribution in [0.1, 0.15) is 16.8 Å². The van der Waals surface area contributed by atoms with Gasteiger partial charge in [0.1, 0.15) is 11.5 Å². The monoisotopic (exact) mass is 445 g/mol. The van der Waals surface area contributed by atoms with Crippen LogP contribution < -0.4 is 20.3 Å². The number of carbonyl (C=O) groups is 1. The number of anilines is 1. The van der Waals surface area contributed by atoms with Gasteiger partial charge in [-0.1, -0.05) is 6.07 Å². The molecule has 0 fully saturated rings. The second kappa shape index (κ2) is 8.15. The maximum absolute atomic E-state index is 12.7. The van der Waals surface area contributed by atoms with Crippen LogP contribution in [-0.2, 0) is 4.79 Å². The lowest BCUT2D eigenvalue weighted by atomic mass is 10.2. The Kier molecular flexibility index (Phi) is 5.02. The number of ether oxygens (including phenoxy) is 2. The number of aryl methyl sites for hydroxylation is 1. The van der Waals surface area contributed by atoms with E-state index in [1.807, 2.05) is 6.07 Å². The number of nitrogens with one attached hydrogen (secondary N) is 2. The first kappa shape index (κ1) is 20.3. The summed E-state index contributed by atoms with van der Waals surface area (Å²) in [5, 5.41) is 7.25. The van der Waals surface area contributed by atoms with Crippen LogP contribution in [0.4, 0.5) is 5.82 Å². The zero-order valence-electron chi connectivity index (χ0n) is 17.8. The minimum Gasteiger partial charge on any atom is -0.463 e. The van der Waals surface area contributed by atoms with Gasteiger partial charge < -0.3 is 19.2 Å². The lowest BCUT2D eigenvalue weighted by molar-refractivity contribution is -0.111. The maximum Gasteiger partial charge on any atom is 0.255 e. The summed E-state index contributed by atoms with van der Waals surface area (Å²) in [4.78, 5) is 32.1. The number of aromatic nitrogens is 4. The molecule has 0 saturated carbocycles. The van der Waals surface area contributed by atoms with Gasteiger partial charge in [0.25, 0.3) is 5.56 Å². The van der Waals surface area contributed by atoms with Crippen LogP contribution in [0.3, 0.4) is 0 Å². The van der Waals surface area contributed by atoms with Gasteiger partial charge in [-0.3, -0.25) is 14.6 Å². The van der Waals surface area contributed by atoms with Crippen molar-refractivity contribution in [1.29, 1.82) is 0 Å². The number of fused-ring (bicyclic) bond motifs is 1. The quantitative estimate of drug-likeness (QED) is 0.452. The number of nitrogens with zero attached hydrogens (tertiary/aromatic N) is 3. The van der Waals surface area contributed by atoms with E-state index in [0.717, 1.165) is 5.56 Å². The Hall–Kier alpha value is -4.60. The van der Waals surface area contributed by atoms with Crippen LogP contribution in [0.15, 0.2) is 57.9 Å². The fourth-order valence-electron chi connectivity index (χ4n) is 3.26. The number of hydrogen-bond acceptors (Lipinski definition) is 7. The van der Waals surface area contributed by atoms with Crippen molar-refractivity contribution in [1.82, 2.24) is 19.7 Å². The van der Waals surface area contributed by atoms with Crippen LogP contribution in [0, 0.1) is 13.8 Å². The minimum atomic E-state index is -0.397. The average Bonchev–Trinajstić information content (AvgIpc) is 3.56. The SMILES string of the molecule is Cc1nc(-n2nc(-c3ccco3)cc2NC(=O)/C=C\c2ccc3c(c2)OCO3)[nH]c(=O)c1C. The lowest BCUT2D eigenvalue weighted by Crippen LogP contribution is -2.20. The Bertz CT molecular complexity index is 1430. The van der Waals surface area contributed by atoms with E-state index in [2.05, 4.69) is 20.4 Å². The molecule has 0 atom stereocenters. The first-order valence-corrected chi connectivity index (χ1v) is 10.1. The van der Waals surface area contributed by atoms with Crippen LogP contribution in [0.25, 0.3) is 23.5 Å². The molecule has 0 saturated heterocycles. The predicted molar refractivity (Wildman–Crippen MR) is 119 cm³/mol. The Morgan fingerprint density at radius 1 is 1.18 bits per heavy atom. The van der Waals surface area contributed by atoms with Crippen molar-refractivity contribution >= 4 is 17.8 Å². The van der Waals surface area contributed by atoms with E-state index in [9.17, 15) is 9.59 Å². The third-order valence-electron chi connectivity index (χ3n) is 5.14. The molecule has 1 aromatic carbocycles. The van der Waals surface area contributed by atoms with Crippen LogP contribution in [-0.4, -0.2) is 32.4 Å². The van der Waals surface area contributed by atoms with Gasteiger partial charge in [0.15, 0.2) is 17.3 Å². The molecule has 10 nitrogen and oxygen atoms in total. The summed E-state index contributed by atoms with van der Waals surface area (Å²) >= 11 is 0. The molecule has 0 spiro atoms. The molecule has 1 aliphatic rings. The van der Waals surface area contributed by atoms with Gasteiger partial charge in [-0.15, -0.1) is 0 Å². The molecule has 1 aliphatic heterocycles. The summed E-state index contributed by atoms with van der Waals surface area (Å²) in [6.07, 6.45) is 4.57. The van der Waals surface area contributed by atoms with Crippen molar-refractivity contribution in [2.45, 2.75) is 13.8 Å². The standard InChI is InChI=1S/C23H19N5O5/c1-13-14(2)24-23(26-22(13)30)28-20(11-16(27-28)17-4-3-9-31-17)25-21(29)8-6-15-5-7-18-19(10-15)33-12-32-18/h3-11H,12H2,1-2H3,(H,25,29)(H,24,26,30)/b8-6-. The molecule has 4 heterocycles. The second-order valence-corrected chi connectivity index (χ2v) is 7.34. The Morgan fingerprint density at radius 3 is 2.82 bits per heavy atom. The highest BCUT2D eigenvalue weighted by atomic mass is 16.7. The van der Waals surface area contributed by atoms with Gasteiger partial charge in [0.2, 0.25) is 18.6 Å². The van der Waals surface area contributed by atoms with Crippen molar-refractivity contribution < 1.29 is 18.7 Å². The third kappa shape index (κ3) is 4.01. The van der Waals surface area contributed by atoms with E-state index in [1.54, 1.807) is 50.3 Å². The summed E-state index contributed by atoms with van der Waals surface area (Å²) in [5.74, 6) is 1.89. The smallest absolute Gasteiger partial charge is 0.255 e. The van der Waals surface area contributed by atoms with Crippen molar-refractivity contribution in [3.8, 4) is 28.9 Å². The summed E-state index contributed by atoms with van der Waals surface area (Å²) in [6, 6.07) is 10.5. The fourth-order valence-corrected chi connectivity index (χ4v) is 3.26. The zero-order chi connectivity index (χ0) is 22.9. The molecular weight excluding hydrogens is 426 g/mol. The first-order valence-electron chi connectivity index (χ1n) is 10.1. The zero-order valence-corrected chi connectivity index (χ0v) is 17.8. The molecule has 33 heavy (non-hydrogen) atoms. The van der Waals surface area contributed by atoms with Gasteiger partial charge in [-0.2, -0.15) is 9.78 Å². The molecule has 0 radical (unpaired) electrons. The Labute approximate surface area is 187 Å². The van der Waals surface area contributed by atoms with Crippen molar-refractivity contribution in [2.24, 2.45) is 0 Å². The number of hydrogen-bond donors (Lipinski definition) is 2. The normalized spacial score (nSPS) is 12.4. The molecule has 166 valence electrons. The number of H-pyrrole nitrogens is 1. The number of furan rings is 1. The van der Waals surface area contributed by atoms with Crippen molar-refractivity contribution in [3.63, 3.8) is 0 Å². The van der Waals surface area contributed by atoms with Crippen molar-refractivity contribution in [3.05, 3.63) is 75.9 Å². The maximum atomic E-state index is 12.7. The summed E-state index contributed by atoms with van der Waals surface area (Å²) < 4.78 is 17.4. The molecule has 0 bridgehead atoms. The highest BCUT2D eigenvalue weighted by Gasteiger charge is 2.17. The summed E-state index contributed by atoms with van der Waals surface area (Å²) in [6.45, 7) is 3.60. The van der Waals surface area contributed by atoms with Gasteiger partial charge in [-0.25, -0.2) is 4.98 Å². The molecule has 3 aromatic heterocycles. The number of benzene rings is 1. The number of amides is 1. The molecule has 5 rings (SSSR count). The molecular formula is C23H19N5O5. The van der Waals surface area contributed by atoms with Crippen LogP contribution in [0.5, 0.6) is 11.5 Å². The number of aromatic amines is 1. The Morgan fingerprint density at radius 2 is 2.03 bits per heavy atom. The predicted octanol–water partition coefficient (Wildman–Crippen LogP) is 3.21. The molecule has 10 heteroatoms. The Balaban J connectivity index is 1.45. The van der Waals surface area contributed by atoms with Gasteiger partial charge in [-0.05, 0) is 49.8 Å². The summed E-state index contributed by atoms with van der Waals surface area (Å²) in [7, 11) is 0. The van der Waals surface area contributed by atoms with E-state index < -0.39 is 5.91 Å². The highest BCUT2D eigenvalue weighted by molar-refractivity contribution is 6.01. The molecule has 4 aromatic rings. The van der Waals surface area contributed by atoms with Crippen LogP contribution >= 0.6 is 0 Å².